The number of methoxy groups -OCH3 is 2. The molecule has 0 amide bonds. The van der Waals surface area contributed by atoms with Crippen molar-refractivity contribution in [1.29, 1.82) is 0 Å². The second-order valence-electron chi connectivity index (χ2n) is 8.05. The molecule has 0 fully saturated rings. The summed E-state index contributed by atoms with van der Waals surface area (Å²) < 4.78 is 18.4. The molecule has 0 aliphatic heterocycles. The van der Waals surface area contributed by atoms with Gasteiger partial charge in [-0.1, -0.05) is 30.3 Å². The van der Waals surface area contributed by atoms with Crippen LogP contribution in [0.25, 0.3) is 11.0 Å². The van der Waals surface area contributed by atoms with Crippen LogP contribution in [0, 0.1) is 21.3 Å². The van der Waals surface area contributed by atoms with E-state index in [1.807, 2.05) is 49.4 Å². The minimum Gasteiger partial charge on any atom is -0.506 e. The molecule has 10 nitrogen and oxygen atoms in total. The summed E-state index contributed by atoms with van der Waals surface area (Å²) in [6.07, 6.45) is 2.93. The van der Waals surface area contributed by atoms with Gasteiger partial charge in [-0.25, -0.2) is 18.6 Å². The van der Waals surface area contributed by atoms with Gasteiger partial charge in [-0.15, -0.1) is 0 Å². The predicted molar refractivity (Wildman–Crippen MR) is 141 cm³/mol. The summed E-state index contributed by atoms with van der Waals surface area (Å²) in [5, 5.41) is 17.7. The summed E-state index contributed by atoms with van der Waals surface area (Å²) >= 11 is 0. The minimum atomic E-state index is -0.435. The first-order chi connectivity index (χ1) is 17.8. The third-order valence-corrected chi connectivity index (χ3v) is 5.82. The van der Waals surface area contributed by atoms with Crippen LogP contribution in [0.2, 0.25) is 0 Å². The van der Waals surface area contributed by atoms with Crippen molar-refractivity contribution in [2.24, 2.45) is 0 Å². The van der Waals surface area contributed by atoms with Crippen LogP contribution in [0.15, 0.2) is 67.0 Å². The fraction of sp³-hybridized carbons (Fsp3) is 0.179. The number of carbonyl (C=O) groups excluding carboxylic acids is 2. The van der Waals surface area contributed by atoms with E-state index in [9.17, 15) is 14.7 Å². The smallest absolute Gasteiger partial charge is 0.341 e. The third kappa shape index (κ3) is 6.45. The monoisotopic (exact) mass is 623 g/mol. The first-order valence-electron chi connectivity index (χ1n) is 11.3. The molecule has 0 saturated heterocycles. The van der Waals surface area contributed by atoms with E-state index in [-0.39, 0.29) is 33.6 Å². The van der Waals surface area contributed by atoms with Gasteiger partial charge in [-0.3, -0.25) is 0 Å². The number of hydrogen-bond acceptors (Lipinski definition) is 8. The van der Waals surface area contributed by atoms with Crippen LogP contribution in [0.4, 0.5) is 0 Å². The topological polar surface area (TPSA) is 117 Å². The molecule has 0 atom stereocenters. The molecule has 0 unspecified atom stereocenters. The van der Waals surface area contributed by atoms with E-state index >= 15 is 0 Å². The van der Waals surface area contributed by atoms with Gasteiger partial charge >= 0.3 is 11.9 Å². The van der Waals surface area contributed by atoms with Crippen LogP contribution < -0.4 is 4.74 Å². The Hall–Kier alpha value is -4.20. The molecule has 4 heterocycles. The summed E-state index contributed by atoms with van der Waals surface area (Å²) in [4.78, 5) is 23.0. The predicted octanol–water partition coefficient (Wildman–Crippen LogP) is 4.59. The number of hydrogen-bond donors (Lipinski definition) is 1. The molecule has 5 aromatic rings. The van der Waals surface area contributed by atoms with E-state index in [1.165, 1.54) is 37.2 Å². The normalized spacial score (nSPS) is 10.1. The fourth-order valence-electron chi connectivity index (χ4n) is 3.76. The van der Waals surface area contributed by atoms with E-state index in [0.717, 1.165) is 17.0 Å². The standard InChI is InChI=1S/C17H16N2O3.C10H10N2O3.CH3.Pd/c1-12-16(22-11-13-6-4-3-5-7-13)9-8-15-14(17(20)21-2)10-18-19(12)15;1-6-9(13)4-3-8-7(10(14)15-2)5-11-12(6)8;;/h3-10H,11H2,1-2H3;3-5,13H,1-2H3;1H3;/q;;-1;. The Balaban J connectivity index is 0.000000277. The number of ether oxygens (including phenoxy) is 3. The average Bonchev–Trinajstić information content (AvgIpc) is 3.56. The average molecular weight is 624 g/mol. The van der Waals surface area contributed by atoms with E-state index in [2.05, 4.69) is 14.9 Å². The van der Waals surface area contributed by atoms with Crippen molar-refractivity contribution in [2.45, 2.75) is 20.5 Å². The molecule has 4 aromatic heterocycles. The Bertz CT molecular complexity index is 1580. The molecule has 0 saturated carbocycles. The van der Waals surface area contributed by atoms with Gasteiger partial charge in [0.05, 0.1) is 49.0 Å². The molecule has 0 radical (unpaired) electrons. The van der Waals surface area contributed by atoms with Crippen molar-refractivity contribution < 1.29 is 49.3 Å². The van der Waals surface area contributed by atoms with Crippen molar-refractivity contribution in [2.75, 3.05) is 14.2 Å². The van der Waals surface area contributed by atoms with Gasteiger partial charge in [0.15, 0.2) is 0 Å². The molecule has 11 heteroatoms. The molecule has 0 aliphatic rings. The van der Waals surface area contributed by atoms with Crippen molar-refractivity contribution in [1.82, 2.24) is 19.2 Å². The van der Waals surface area contributed by atoms with Crippen LogP contribution in [0.3, 0.4) is 0 Å². The number of rotatable bonds is 5. The minimum absolute atomic E-state index is 0. The van der Waals surface area contributed by atoms with E-state index in [0.29, 0.717) is 34.5 Å². The van der Waals surface area contributed by atoms with Crippen LogP contribution >= 0.6 is 0 Å². The van der Waals surface area contributed by atoms with Crippen molar-refractivity contribution in [3.05, 3.63) is 102 Å². The Morgan fingerprint density at radius 3 is 1.85 bits per heavy atom. The SMILES string of the molecule is COC(=O)c1cnn2c(C)c(O)ccc12.COC(=O)c1cnn2c(C)c(OCc3ccccc3)ccc12.[CH3-].[Pd]. The zero-order valence-electron chi connectivity index (χ0n) is 22.2. The molecular weight excluding hydrogens is 595 g/mol. The van der Waals surface area contributed by atoms with E-state index in [1.54, 1.807) is 17.5 Å². The Morgan fingerprint density at radius 1 is 0.795 bits per heavy atom. The van der Waals surface area contributed by atoms with Crippen molar-refractivity contribution in [3.63, 3.8) is 0 Å². The molecular formula is C28H29N4O6Pd-. The van der Waals surface area contributed by atoms with Crippen LogP contribution in [0.5, 0.6) is 11.5 Å². The van der Waals surface area contributed by atoms with Gasteiger partial charge in [0.1, 0.15) is 29.2 Å². The van der Waals surface area contributed by atoms with Gasteiger partial charge in [0.25, 0.3) is 0 Å². The Morgan fingerprint density at radius 2 is 1.31 bits per heavy atom. The first-order valence-corrected chi connectivity index (χ1v) is 11.3. The largest absolute Gasteiger partial charge is 0.506 e. The van der Waals surface area contributed by atoms with Gasteiger partial charge < -0.3 is 26.7 Å². The zero-order valence-corrected chi connectivity index (χ0v) is 23.7. The molecule has 39 heavy (non-hydrogen) atoms. The summed E-state index contributed by atoms with van der Waals surface area (Å²) in [5.41, 5.74) is 4.68. The number of esters is 2. The van der Waals surface area contributed by atoms with Crippen LogP contribution in [-0.2, 0) is 36.5 Å². The number of fused-ring (bicyclic) bond motifs is 2. The Kier molecular flexibility index (Phi) is 10.8. The van der Waals surface area contributed by atoms with Gasteiger partial charge in [-0.2, -0.15) is 10.2 Å². The summed E-state index contributed by atoms with van der Waals surface area (Å²) in [7, 11) is 2.68. The second-order valence-corrected chi connectivity index (χ2v) is 8.05. The number of nitrogens with zero attached hydrogens (tertiary/aromatic N) is 4. The van der Waals surface area contributed by atoms with Gasteiger partial charge in [0.2, 0.25) is 0 Å². The third-order valence-electron chi connectivity index (χ3n) is 5.82. The number of aromatic hydroxyl groups is 1. The maximum absolute atomic E-state index is 11.7. The summed E-state index contributed by atoms with van der Waals surface area (Å²) in [5.74, 6) is 0.0420. The molecule has 5 rings (SSSR count). The number of aryl methyl sites for hydroxylation is 2. The molecule has 0 bridgehead atoms. The van der Waals surface area contributed by atoms with Crippen LogP contribution in [0.1, 0.15) is 37.7 Å². The number of pyridine rings is 2. The van der Waals surface area contributed by atoms with Gasteiger partial charge in [0, 0.05) is 20.4 Å². The van der Waals surface area contributed by atoms with Crippen LogP contribution in [-0.4, -0.2) is 50.5 Å². The second kappa shape index (κ2) is 13.6. The quantitative estimate of drug-likeness (QED) is 0.172. The summed E-state index contributed by atoms with van der Waals surface area (Å²) in [6.45, 7) is 4.11. The molecule has 1 aromatic carbocycles. The maximum atomic E-state index is 11.7. The maximum Gasteiger partial charge on any atom is 0.341 e. The van der Waals surface area contributed by atoms with Crippen molar-refractivity contribution in [3.8, 4) is 11.5 Å². The Labute approximate surface area is 239 Å². The van der Waals surface area contributed by atoms with E-state index < -0.39 is 11.9 Å². The first kappa shape index (κ1) is 31.0. The molecule has 208 valence electrons. The number of carbonyl (C=O) groups is 2. The number of aromatic nitrogens is 4. The molecule has 1 N–H and O–H groups in total. The number of benzene rings is 1. The molecule has 0 spiro atoms. The van der Waals surface area contributed by atoms with Gasteiger partial charge in [-0.05, 0) is 43.7 Å². The van der Waals surface area contributed by atoms with Crippen molar-refractivity contribution >= 4 is 23.0 Å². The summed E-state index contributed by atoms with van der Waals surface area (Å²) in [6, 6.07) is 16.8. The fourth-order valence-corrected chi connectivity index (χ4v) is 3.76. The zero-order chi connectivity index (χ0) is 26.5. The molecule has 0 aliphatic carbocycles. The van der Waals surface area contributed by atoms with E-state index in [4.69, 9.17) is 9.47 Å².